The highest BCUT2D eigenvalue weighted by Gasteiger charge is 2.17. The molecule has 3 heterocycles. The molecule has 4 rings (SSSR count). The maximum absolute atomic E-state index is 12.1. The molecule has 27 heavy (non-hydrogen) atoms. The van der Waals surface area contributed by atoms with E-state index in [1.54, 1.807) is 4.68 Å². The van der Waals surface area contributed by atoms with Gasteiger partial charge in [-0.05, 0) is 31.9 Å². The van der Waals surface area contributed by atoms with E-state index in [-0.39, 0.29) is 17.8 Å². The Morgan fingerprint density at radius 2 is 2.19 bits per heavy atom. The maximum Gasteiger partial charge on any atom is 0.230 e. The molecule has 1 N–H and O–H groups in total. The number of carbonyl (C=O) groups is 1. The molecular formula is C18H20N6O2S. The minimum atomic E-state index is -0.0480. The fourth-order valence-corrected chi connectivity index (χ4v) is 3.67. The Labute approximate surface area is 160 Å². The number of amides is 1. The summed E-state index contributed by atoms with van der Waals surface area (Å²) in [5.41, 5.74) is 3.27. The lowest BCUT2D eigenvalue weighted by Gasteiger charge is -2.10. The number of rotatable bonds is 6. The van der Waals surface area contributed by atoms with Gasteiger partial charge in [-0.1, -0.05) is 34.7 Å². The van der Waals surface area contributed by atoms with Crippen molar-refractivity contribution in [3.63, 3.8) is 0 Å². The molecule has 0 radical (unpaired) electrons. The fourth-order valence-electron chi connectivity index (χ4n) is 2.91. The fraction of sp³-hybridized carbons (Fsp3) is 0.389. The van der Waals surface area contributed by atoms with Crippen molar-refractivity contribution >= 4 is 28.8 Å². The zero-order chi connectivity index (χ0) is 18.6. The second kappa shape index (κ2) is 8.01. The third-order valence-electron chi connectivity index (χ3n) is 4.37. The van der Waals surface area contributed by atoms with E-state index in [0.717, 1.165) is 25.1 Å². The second-order valence-corrected chi connectivity index (χ2v) is 7.38. The summed E-state index contributed by atoms with van der Waals surface area (Å²) in [6, 6.07) is 7.96. The van der Waals surface area contributed by atoms with E-state index < -0.39 is 0 Å². The van der Waals surface area contributed by atoms with Crippen LogP contribution in [0.5, 0.6) is 0 Å². The molecule has 3 aromatic rings. The third-order valence-corrected chi connectivity index (χ3v) is 5.35. The Morgan fingerprint density at radius 3 is 2.96 bits per heavy atom. The number of carbonyl (C=O) groups excluding carboxylic acids is 1. The van der Waals surface area contributed by atoms with Gasteiger partial charge in [0.2, 0.25) is 5.91 Å². The normalized spacial score (nSPS) is 16.7. The van der Waals surface area contributed by atoms with Gasteiger partial charge < -0.3 is 10.1 Å². The Bertz CT molecular complexity index is 937. The van der Waals surface area contributed by atoms with Crippen LogP contribution in [0.1, 0.15) is 18.4 Å². The summed E-state index contributed by atoms with van der Waals surface area (Å²) in [6.45, 7) is 3.37. The molecule has 1 atom stereocenters. The molecule has 1 aliphatic rings. The Hall–Kier alpha value is -2.52. The highest BCUT2D eigenvalue weighted by Crippen LogP contribution is 2.24. The molecule has 1 amide bonds. The predicted molar refractivity (Wildman–Crippen MR) is 102 cm³/mol. The van der Waals surface area contributed by atoms with Gasteiger partial charge in [0.05, 0.1) is 17.5 Å². The molecule has 2 aromatic heterocycles. The van der Waals surface area contributed by atoms with Gasteiger partial charge in [-0.25, -0.2) is 9.97 Å². The number of nitrogens with zero attached hydrogens (tertiary/aromatic N) is 5. The van der Waals surface area contributed by atoms with Crippen molar-refractivity contribution in [3.8, 4) is 5.69 Å². The summed E-state index contributed by atoms with van der Waals surface area (Å²) < 4.78 is 7.19. The molecule has 0 bridgehead atoms. The first-order valence-electron chi connectivity index (χ1n) is 8.85. The molecule has 0 aliphatic carbocycles. The van der Waals surface area contributed by atoms with Gasteiger partial charge in [-0.2, -0.15) is 4.68 Å². The molecule has 9 heteroatoms. The molecular weight excluding hydrogens is 364 g/mol. The van der Waals surface area contributed by atoms with Gasteiger partial charge >= 0.3 is 0 Å². The minimum absolute atomic E-state index is 0.0480. The van der Waals surface area contributed by atoms with Crippen molar-refractivity contribution in [3.05, 3.63) is 36.2 Å². The number of thioether (sulfide) groups is 1. The molecule has 0 unspecified atom stereocenters. The first-order chi connectivity index (χ1) is 13.2. The van der Waals surface area contributed by atoms with Gasteiger partial charge in [0.15, 0.2) is 11.2 Å². The number of aryl methyl sites for hydroxylation is 1. The zero-order valence-corrected chi connectivity index (χ0v) is 15.8. The lowest BCUT2D eigenvalue weighted by atomic mass is 10.2. The average molecular weight is 384 g/mol. The third kappa shape index (κ3) is 4.09. The average Bonchev–Trinajstić information content (AvgIpc) is 3.35. The van der Waals surface area contributed by atoms with Crippen LogP contribution in [-0.2, 0) is 9.53 Å². The summed E-state index contributed by atoms with van der Waals surface area (Å²) in [7, 11) is 0. The molecule has 140 valence electrons. The number of aromatic nitrogens is 5. The molecule has 1 saturated heterocycles. The summed E-state index contributed by atoms with van der Waals surface area (Å²) in [6.07, 6.45) is 3.68. The van der Waals surface area contributed by atoms with Crippen LogP contribution in [0.3, 0.4) is 0 Å². The van der Waals surface area contributed by atoms with Gasteiger partial charge in [0, 0.05) is 13.2 Å². The lowest BCUT2D eigenvalue weighted by molar-refractivity contribution is -0.119. The summed E-state index contributed by atoms with van der Waals surface area (Å²) in [5.74, 6) is 0.212. The van der Waals surface area contributed by atoms with Gasteiger partial charge in [-0.15, -0.1) is 5.10 Å². The number of hydrogen-bond acceptors (Lipinski definition) is 7. The van der Waals surface area contributed by atoms with Crippen molar-refractivity contribution in [2.45, 2.75) is 30.9 Å². The number of nitrogens with one attached hydrogen (secondary N) is 1. The Balaban J connectivity index is 1.44. The van der Waals surface area contributed by atoms with E-state index >= 15 is 0 Å². The quantitative estimate of drug-likeness (QED) is 0.512. The van der Waals surface area contributed by atoms with Crippen LogP contribution in [0.15, 0.2) is 35.6 Å². The van der Waals surface area contributed by atoms with E-state index in [0.29, 0.717) is 22.7 Å². The first-order valence-corrected chi connectivity index (χ1v) is 9.84. The van der Waals surface area contributed by atoms with E-state index in [1.807, 2.05) is 31.2 Å². The predicted octanol–water partition coefficient (Wildman–Crippen LogP) is 1.91. The van der Waals surface area contributed by atoms with Crippen LogP contribution >= 0.6 is 11.8 Å². The zero-order valence-electron chi connectivity index (χ0n) is 15.0. The number of hydrogen-bond donors (Lipinski definition) is 1. The molecule has 8 nitrogen and oxygen atoms in total. The Morgan fingerprint density at radius 1 is 1.33 bits per heavy atom. The molecule has 1 aliphatic heterocycles. The molecule has 1 fully saturated rings. The first kappa shape index (κ1) is 17.9. The highest BCUT2D eigenvalue weighted by molar-refractivity contribution is 8.00. The van der Waals surface area contributed by atoms with Crippen LogP contribution in [0, 0.1) is 6.92 Å². The van der Waals surface area contributed by atoms with Crippen LogP contribution in [0.2, 0.25) is 0 Å². The van der Waals surface area contributed by atoms with Gasteiger partial charge in [-0.3, -0.25) is 4.79 Å². The van der Waals surface area contributed by atoms with Crippen molar-refractivity contribution in [2.75, 3.05) is 18.9 Å². The Kier molecular flexibility index (Phi) is 5.30. The molecule has 0 saturated carbocycles. The number of benzene rings is 1. The largest absolute Gasteiger partial charge is 0.376 e. The van der Waals surface area contributed by atoms with Crippen LogP contribution in [-0.4, -0.2) is 55.9 Å². The lowest BCUT2D eigenvalue weighted by Crippen LogP contribution is -2.32. The SMILES string of the molecule is Cc1ccc(-n2nnc3c(SCC(=O)NC[C@@H]4CCCO4)ncnc32)cc1. The summed E-state index contributed by atoms with van der Waals surface area (Å²) in [5, 5.41) is 12.0. The van der Waals surface area contributed by atoms with E-state index in [1.165, 1.54) is 23.7 Å². The number of ether oxygens (including phenoxy) is 1. The summed E-state index contributed by atoms with van der Waals surface area (Å²) >= 11 is 1.33. The van der Waals surface area contributed by atoms with Gasteiger partial charge in [0.1, 0.15) is 11.4 Å². The van der Waals surface area contributed by atoms with Crippen molar-refractivity contribution in [1.29, 1.82) is 0 Å². The van der Waals surface area contributed by atoms with E-state index in [2.05, 4.69) is 25.6 Å². The minimum Gasteiger partial charge on any atom is -0.376 e. The molecule has 1 aromatic carbocycles. The smallest absolute Gasteiger partial charge is 0.230 e. The molecule has 0 spiro atoms. The topological polar surface area (TPSA) is 94.8 Å². The number of fused-ring (bicyclic) bond motifs is 1. The standard InChI is InChI=1S/C18H20N6O2S/c1-12-4-6-13(7-5-12)24-17-16(22-23-24)18(21-11-20-17)27-10-15(25)19-9-14-3-2-8-26-14/h4-7,11,14H,2-3,8-10H2,1H3,(H,19,25)/t14-/m0/s1. The van der Waals surface area contributed by atoms with E-state index in [4.69, 9.17) is 4.74 Å². The van der Waals surface area contributed by atoms with Crippen molar-refractivity contribution in [1.82, 2.24) is 30.3 Å². The monoisotopic (exact) mass is 384 g/mol. The van der Waals surface area contributed by atoms with Crippen molar-refractivity contribution in [2.24, 2.45) is 0 Å². The maximum atomic E-state index is 12.1. The summed E-state index contributed by atoms with van der Waals surface area (Å²) in [4.78, 5) is 20.7. The van der Waals surface area contributed by atoms with Gasteiger partial charge in [0.25, 0.3) is 0 Å². The van der Waals surface area contributed by atoms with Crippen molar-refractivity contribution < 1.29 is 9.53 Å². The van der Waals surface area contributed by atoms with Crippen LogP contribution in [0.25, 0.3) is 16.9 Å². The van der Waals surface area contributed by atoms with Crippen LogP contribution < -0.4 is 5.32 Å². The second-order valence-electron chi connectivity index (χ2n) is 6.42. The van der Waals surface area contributed by atoms with E-state index in [9.17, 15) is 4.79 Å². The van der Waals surface area contributed by atoms with Crippen LogP contribution in [0.4, 0.5) is 0 Å². The highest BCUT2D eigenvalue weighted by atomic mass is 32.2.